The number of hydrogen-bond donors (Lipinski definition) is 3. The minimum atomic E-state index is -0.673. The quantitative estimate of drug-likeness (QED) is 0.239. The zero-order valence-electron chi connectivity index (χ0n) is 24.0. The number of H-pyrrole nitrogens is 1. The molecule has 10 nitrogen and oxygen atoms in total. The van der Waals surface area contributed by atoms with Crippen LogP contribution in [0.4, 0.5) is 11.6 Å². The number of aromatic amines is 1. The van der Waals surface area contributed by atoms with Crippen molar-refractivity contribution in [2.24, 2.45) is 5.92 Å². The fourth-order valence-electron chi connectivity index (χ4n) is 5.48. The number of pyridine rings is 1. The molecule has 42 heavy (non-hydrogen) atoms. The predicted molar refractivity (Wildman–Crippen MR) is 163 cm³/mol. The number of piperidine rings is 1. The number of nitrogens with zero attached hydrogens (tertiary/aromatic N) is 5. The van der Waals surface area contributed by atoms with Gasteiger partial charge >= 0.3 is 0 Å². The molecule has 0 unspecified atom stereocenters. The molecule has 0 spiro atoms. The van der Waals surface area contributed by atoms with Crippen molar-refractivity contribution in [3.05, 3.63) is 84.1 Å². The van der Waals surface area contributed by atoms with E-state index < -0.39 is 5.60 Å². The van der Waals surface area contributed by atoms with Gasteiger partial charge in [-0.25, -0.2) is 9.97 Å². The molecule has 0 aliphatic carbocycles. The summed E-state index contributed by atoms with van der Waals surface area (Å²) in [6, 6.07) is 21.1. The molecule has 0 bridgehead atoms. The number of anilines is 2. The second-order valence-electron chi connectivity index (χ2n) is 11.3. The van der Waals surface area contributed by atoms with Crippen LogP contribution in [0.3, 0.4) is 0 Å². The summed E-state index contributed by atoms with van der Waals surface area (Å²) in [5, 5.41) is 18.0. The fraction of sp³-hybridized carbons (Fsp3) is 0.312. The maximum atomic E-state index is 13.2. The summed E-state index contributed by atoms with van der Waals surface area (Å²) in [6.07, 6.45) is 3.40. The minimum Gasteiger partial charge on any atom is -0.497 e. The Balaban J connectivity index is 1.20. The van der Waals surface area contributed by atoms with Crippen LogP contribution in [0.15, 0.2) is 72.9 Å². The molecule has 1 saturated heterocycles. The highest BCUT2D eigenvalue weighted by atomic mass is 16.5. The van der Waals surface area contributed by atoms with Crippen LogP contribution < -0.4 is 15.0 Å². The lowest BCUT2D eigenvalue weighted by Gasteiger charge is -2.38. The molecule has 2 aromatic carbocycles. The van der Waals surface area contributed by atoms with Gasteiger partial charge in [0.2, 0.25) is 0 Å². The van der Waals surface area contributed by atoms with E-state index in [1.165, 1.54) is 0 Å². The number of nitrogens with one attached hydrogen (secondary N) is 2. The van der Waals surface area contributed by atoms with Crippen molar-refractivity contribution >= 4 is 28.6 Å². The Morgan fingerprint density at radius 3 is 2.52 bits per heavy atom. The Kier molecular flexibility index (Phi) is 7.38. The van der Waals surface area contributed by atoms with Crippen LogP contribution >= 0.6 is 0 Å². The number of amides is 1. The number of benzene rings is 2. The monoisotopic (exact) mass is 565 g/mol. The smallest absolute Gasteiger partial charge is 0.258 e. The first-order valence-electron chi connectivity index (χ1n) is 14.2. The van der Waals surface area contributed by atoms with E-state index in [1.807, 2.05) is 79.2 Å². The number of aromatic nitrogens is 5. The van der Waals surface area contributed by atoms with Crippen molar-refractivity contribution in [3.8, 4) is 17.3 Å². The fourth-order valence-corrected chi connectivity index (χ4v) is 5.48. The van der Waals surface area contributed by atoms with Gasteiger partial charge in [0.15, 0.2) is 11.6 Å². The largest absolute Gasteiger partial charge is 0.497 e. The molecule has 6 rings (SSSR count). The van der Waals surface area contributed by atoms with Crippen LogP contribution in [0.5, 0.6) is 5.75 Å². The average molecular weight is 566 g/mol. The standard InChI is InChI=1S/C32H35N7O3/c1-32(2,41)23-14-16-38(17-15-23)29-13-10-22(19-33-29)31(40)36-28-18-27(30-34-25-6-4-5-7-26(25)35-30)39(37-28)20-21-8-11-24(42-3)12-9-21/h4-13,18-19,23,41H,14-17,20H2,1-3H3,(H,34,35)(H,36,37,40). The number of carbonyl (C=O) groups excluding carboxylic acids is 1. The van der Waals surface area contributed by atoms with E-state index in [4.69, 9.17) is 14.8 Å². The summed E-state index contributed by atoms with van der Waals surface area (Å²) in [5.41, 5.74) is 3.32. The number of ether oxygens (including phenoxy) is 1. The number of para-hydroxylation sites is 2. The predicted octanol–water partition coefficient (Wildman–Crippen LogP) is 5.12. The summed E-state index contributed by atoms with van der Waals surface area (Å²) >= 11 is 0. The maximum Gasteiger partial charge on any atom is 0.258 e. The van der Waals surface area contributed by atoms with Gasteiger partial charge in [-0.3, -0.25) is 9.48 Å². The zero-order valence-corrected chi connectivity index (χ0v) is 24.0. The van der Waals surface area contributed by atoms with Crippen LogP contribution in [0.2, 0.25) is 0 Å². The third-order valence-corrected chi connectivity index (χ3v) is 7.97. The summed E-state index contributed by atoms with van der Waals surface area (Å²) < 4.78 is 7.12. The van der Waals surface area contributed by atoms with E-state index in [9.17, 15) is 9.90 Å². The Morgan fingerprint density at radius 1 is 1.10 bits per heavy atom. The van der Waals surface area contributed by atoms with Gasteiger partial charge in [0.05, 0.1) is 35.9 Å². The first-order chi connectivity index (χ1) is 20.3. The summed E-state index contributed by atoms with van der Waals surface area (Å²) in [7, 11) is 1.64. The molecule has 0 saturated carbocycles. The molecule has 1 fully saturated rings. The van der Waals surface area contributed by atoms with Gasteiger partial charge in [-0.05, 0) is 74.6 Å². The van der Waals surface area contributed by atoms with Crippen LogP contribution in [0.1, 0.15) is 42.6 Å². The van der Waals surface area contributed by atoms with Gasteiger partial charge in [0, 0.05) is 25.4 Å². The Hall–Kier alpha value is -4.70. The molecule has 1 aliphatic rings. The van der Waals surface area contributed by atoms with Crippen LogP contribution in [-0.4, -0.2) is 61.5 Å². The van der Waals surface area contributed by atoms with E-state index in [0.717, 1.165) is 59.8 Å². The van der Waals surface area contributed by atoms with Crippen molar-refractivity contribution < 1.29 is 14.6 Å². The van der Waals surface area contributed by atoms with E-state index in [-0.39, 0.29) is 11.8 Å². The first kappa shape index (κ1) is 27.5. The highest BCUT2D eigenvalue weighted by molar-refractivity contribution is 6.03. The number of fused-ring (bicyclic) bond motifs is 1. The van der Waals surface area contributed by atoms with Gasteiger partial charge < -0.3 is 25.0 Å². The Morgan fingerprint density at radius 2 is 1.86 bits per heavy atom. The highest BCUT2D eigenvalue weighted by Gasteiger charge is 2.31. The van der Waals surface area contributed by atoms with Gasteiger partial charge in [0.1, 0.15) is 17.3 Å². The van der Waals surface area contributed by atoms with E-state index in [2.05, 4.69) is 20.2 Å². The van der Waals surface area contributed by atoms with Gasteiger partial charge in [-0.2, -0.15) is 5.10 Å². The topological polar surface area (TPSA) is 121 Å². The van der Waals surface area contributed by atoms with E-state index in [1.54, 1.807) is 19.4 Å². The number of imidazole rings is 1. The number of carbonyl (C=O) groups is 1. The van der Waals surface area contributed by atoms with Crippen molar-refractivity contribution in [3.63, 3.8) is 0 Å². The molecule has 1 amide bonds. The maximum absolute atomic E-state index is 13.2. The molecule has 0 radical (unpaired) electrons. The highest BCUT2D eigenvalue weighted by Crippen LogP contribution is 2.30. The molecule has 10 heteroatoms. The molecular weight excluding hydrogens is 530 g/mol. The second kappa shape index (κ2) is 11.3. The summed E-state index contributed by atoms with van der Waals surface area (Å²) in [5.74, 6) is 2.67. The summed E-state index contributed by atoms with van der Waals surface area (Å²) in [4.78, 5) is 28.1. The Bertz CT molecular complexity index is 1640. The van der Waals surface area contributed by atoms with Crippen molar-refractivity contribution in [1.82, 2.24) is 24.7 Å². The second-order valence-corrected chi connectivity index (χ2v) is 11.3. The Labute approximate surface area is 244 Å². The molecule has 3 aromatic heterocycles. The van der Waals surface area contributed by atoms with Crippen LogP contribution in [0.25, 0.3) is 22.6 Å². The van der Waals surface area contributed by atoms with E-state index in [0.29, 0.717) is 23.8 Å². The number of hydrogen-bond acceptors (Lipinski definition) is 7. The summed E-state index contributed by atoms with van der Waals surface area (Å²) in [6.45, 7) is 5.88. The van der Waals surface area contributed by atoms with Crippen LogP contribution in [-0.2, 0) is 6.54 Å². The van der Waals surface area contributed by atoms with Gasteiger partial charge in [-0.1, -0.05) is 24.3 Å². The van der Waals surface area contributed by atoms with Gasteiger partial charge in [-0.15, -0.1) is 0 Å². The number of methoxy groups -OCH3 is 1. The average Bonchev–Trinajstić information content (AvgIpc) is 3.61. The van der Waals surface area contributed by atoms with Gasteiger partial charge in [0.25, 0.3) is 5.91 Å². The first-order valence-corrected chi connectivity index (χ1v) is 14.2. The number of rotatable bonds is 8. The molecule has 0 atom stereocenters. The lowest BCUT2D eigenvalue weighted by atomic mass is 9.83. The van der Waals surface area contributed by atoms with E-state index >= 15 is 0 Å². The normalized spacial score (nSPS) is 14.3. The third kappa shape index (κ3) is 5.84. The molecular formula is C32H35N7O3. The molecule has 5 aromatic rings. The molecule has 3 N–H and O–H groups in total. The number of aliphatic hydroxyl groups is 1. The lowest BCUT2D eigenvalue weighted by Crippen LogP contribution is -2.42. The van der Waals surface area contributed by atoms with Crippen molar-refractivity contribution in [1.29, 1.82) is 0 Å². The molecule has 4 heterocycles. The van der Waals surface area contributed by atoms with Crippen molar-refractivity contribution in [2.75, 3.05) is 30.4 Å². The minimum absolute atomic E-state index is 0.271. The molecule has 216 valence electrons. The SMILES string of the molecule is COc1ccc(Cn2nc(NC(=O)c3ccc(N4CCC(C(C)(C)O)CC4)nc3)cc2-c2nc3ccccc3[nH]2)cc1. The van der Waals surface area contributed by atoms with Crippen LogP contribution in [0, 0.1) is 5.92 Å². The van der Waals surface area contributed by atoms with Crippen molar-refractivity contribution in [2.45, 2.75) is 38.8 Å². The third-order valence-electron chi connectivity index (χ3n) is 7.97. The molecule has 1 aliphatic heterocycles. The lowest BCUT2D eigenvalue weighted by molar-refractivity contribution is 0.00645. The zero-order chi connectivity index (χ0) is 29.3.